The molecule has 2 aromatic rings. The molecule has 0 amide bonds. The van der Waals surface area contributed by atoms with Gasteiger partial charge in [-0.3, -0.25) is 4.99 Å². The molecule has 0 saturated heterocycles. The molecule has 2 N–H and O–H groups in total. The first-order chi connectivity index (χ1) is 12.8. The number of para-hydroxylation sites is 1. The minimum Gasteiger partial charge on any atom is -0.494 e. The van der Waals surface area contributed by atoms with E-state index in [9.17, 15) is 0 Å². The van der Waals surface area contributed by atoms with E-state index in [2.05, 4.69) is 15.6 Å². The molecule has 0 aliphatic heterocycles. The van der Waals surface area contributed by atoms with Crippen LogP contribution in [-0.2, 0) is 0 Å². The average Bonchev–Trinajstić information content (AvgIpc) is 2.68. The van der Waals surface area contributed by atoms with Crippen molar-refractivity contribution in [1.82, 2.24) is 5.32 Å². The van der Waals surface area contributed by atoms with Gasteiger partial charge in [0, 0.05) is 25.3 Å². The third kappa shape index (κ3) is 6.20. The van der Waals surface area contributed by atoms with Crippen molar-refractivity contribution in [2.75, 3.05) is 39.2 Å². The van der Waals surface area contributed by atoms with E-state index in [4.69, 9.17) is 14.2 Å². The molecule has 0 aliphatic rings. The number of guanidine groups is 1. The highest BCUT2D eigenvalue weighted by molar-refractivity contribution is 5.93. The molecule has 26 heavy (non-hydrogen) atoms. The van der Waals surface area contributed by atoms with Crippen LogP contribution in [0.2, 0.25) is 0 Å². The molecule has 6 heteroatoms. The van der Waals surface area contributed by atoms with Gasteiger partial charge in [-0.05, 0) is 37.6 Å². The Morgan fingerprint density at radius 2 is 1.85 bits per heavy atom. The van der Waals surface area contributed by atoms with Gasteiger partial charge in [-0.25, -0.2) is 0 Å². The van der Waals surface area contributed by atoms with E-state index in [0.29, 0.717) is 30.7 Å². The number of benzene rings is 2. The zero-order valence-corrected chi connectivity index (χ0v) is 15.6. The van der Waals surface area contributed by atoms with Crippen LogP contribution in [0.1, 0.15) is 13.3 Å². The molecule has 2 aromatic carbocycles. The van der Waals surface area contributed by atoms with E-state index < -0.39 is 0 Å². The first kappa shape index (κ1) is 19.4. The zero-order valence-electron chi connectivity index (χ0n) is 15.6. The van der Waals surface area contributed by atoms with Crippen molar-refractivity contribution in [2.24, 2.45) is 4.99 Å². The lowest BCUT2D eigenvalue weighted by atomic mass is 10.2. The lowest BCUT2D eigenvalue weighted by Crippen LogP contribution is -2.32. The van der Waals surface area contributed by atoms with Gasteiger partial charge in [0.1, 0.15) is 5.75 Å². The van der Waals surface area contributed by atoms with Crippen LogP contribution in [0.4, 0.5) is 5.69 Å². The summed E-state index contributed by atoms with van der Waals surface area (Å²) in [5, 5.41) is 6.52. The molecule has 0 spiro atoms. The van der Waals surface area contributed by atoms with Gasteiger partial charge in [0.25, 0.3) is 0 Å². The second-order valence-electron chi connectivity index (χ2n) is 5.44. The van der Waals surface area contributed by atoms with E-state index >= 15 is 0 Å². The molecular formula is C20H27N3O3. The first-order valence-corrected chi connectivity index (χ1v) is 8.73. The summed E-state index contributed by atoms with van der Waals surface area (Å²) < 4.78 is 16.6. The molecule has 0 atom stereocenters. The van der Waals surface area contributed by atoms with Crippen molar-refractivity contribution >= 4 is 11.6 Å². The molecule has 2 rings (SSSR count). The highest BCUT2D eigenvalue weighted by atomic mass is 16.5. The molecule has 6 nitrogen and oxygen atoms in total. The van der Waals surface area contributed by atoms with Gasteiger partial charge in [-0.2, -0.15) is 0 Å². The Kier molecular flexibility index (Phi) is 8.12. The van der Waals surface area contributed by atoms with Crippen LogP contribution >= 0.6 is 0 Å². The minimum absolute atomic E-state index is 0.578. The Bertz CT molecular complexity index is 690. The lowest BCUT2D eigenvalue weighted by Gasteiger charge is -2.14. The van der Waals surface area contributed by atoms with Gasteiger partial charge in [-0.15, -0.1) is 0 Å². The van der Waals surface area contributed by atoms with Crippen LogP contribution < -0.4 is 24.8 Å². The van der Waals surface area contributed by atoms with E-state index in [1.807, 2.05) is 55.5 Å². The number of methoxy groups -OCH3 is 1. The molecule has 0 unspecified atom stereocenters. The quantitative estimate of drug-likeness (QED) is 0.408. The SMILES string of the molecule is CCOc1cc(NC(=NC)NCCCOc2ccccc2)ccc1OC. The maximum Gasteiger partial charge on any atom is 0.195 e. The number of aliphatic imine (C=N–C) groups is 1. The Balaban J connectivity index is 1.79. The summed E-state index contributed by atoms with van der Waals surface area (Å²) in [6, 6.07) is 15.5. The normalized spacial score (nSPS) is 11.0. The Morgan fingerprint density at radius 1 is 1.04 bits per heavy atom. The smallest absolute Gasteiger partial charge is 0.195 e. The highest BCUT2D eigenvalue weighted by Gasteiger charge is 2.06. The van der Waals surface area contributed by atoms with Crippen LogP contribution in [0.5, 0.6) is 17.2 Å². The fraction of sp³-hybridized carbons (Fsp3) is 0.350. The second-order valence-corrected chi connectivity index (χ2v) is 5.44. The molecule has 0 bridgehead atoms. The maximum absolute atomic E-state index is 5.68. The number of ether oxygens (including phenoxy) is 3. The molecule has 0 radical (unpaired) electrons. The van der Waals surface area contributed by atoms with Crippen LogP contribution in [0.3, 0.4) is 0 Å². The fourth-order valence-electron chi connectivity index (χ4n) is 2.32. The summed E-state index contributed by atoms with van der Waals surface area (Å²) in [4.78, 5) is 4.24. The largest absolute Gasteiger partial charge is 0.494 e. The van der Waals surface area contributed by atoms with Gasteiger partial charge in [0.2, 0.25) is 0 Å². The number of hydrogen-bond donors (Lipinski definition) is 2. The summed E-state index contributed by atoms with van der Waals surface area (Å²) in [7, 11) is 3.37. The minimum atomic E-state index is 0.578. The summed E-state index contributed by atoms with van der Waals surface area (Å²) in [5.74, 6) is 2.99. The fourth-order valence-corrected chi connectivity index (χ4v) is 2.32. The average molecular weight is 357 g/mol. The summed E-state index contributed by atoms with van der Waals surface area (Å²) >= 11 is 0. The van der Waals surface area contributed by atoms with E-state index in [0.717, 1.165) is 24.4 Å². The Hall–Kier alpha value is -2.89. The third-order valence-corrected chi connectivity index (χ3v) is 3.58. The van der Waals surface area contributed by atoms with Crippen molar-refractivity contribution in [1.29, 1.82) is 0 Å². The Morgan fingerprint density at radius 3 is 2.54 bits per heavy atom. The number of anilines is 1. The van der Waals surface area contributed by atoms with E-state index in [1.165, 1.54) is 0 Å². The number of nitrogens with zero attached hydrogens (tertiary/aromatic N) is 1. The second kappa shape index (κ2) is 10.9. The number of rotatable bonds is 9. The van der Waals surface area contributed by atoms with Crippen molar-refractivity contribution in [3.8, 4) is 17.2 Å². The Labute approximate surface area is 155 Å². The van der Waals surface area contributed by atoms with Crippen molar-refractivity contribution < 1.29 is 14.2 Å². The van der Waals surface area contributed by atoms with Crippen LogP contribution in [0.25, 0.3) is 0 Å². The molecule has 0 heterocycles. The lowest BCUT2D eigenvalue weighted by molar-refractivity contribution is 0.311. The number of hydrogen-bond acceptors (Lipinski definition) is 4. The highest BCUT2D eigenvalue weighted by Crippen LogP contribution is 2.30. The van der Waals surface area contributed by atoms with Gasteiger partial charge in [0.15, 0.2) is 17.5 Å². The van der Waals surface area contributed by atoms with Gasteiger partial charge in [0.05, 0.1) is 20.3 Å². The van der Waals surface area contributed by atoms with Crippen molar-refractivity contribution in [3.05, 3.63) is 48.5 Å². The molecule has 0 aromatic heterocycles. The summed E-state index contributed by atoms with van der Waals surface area (Å²) in [5.41, 5.74) is 0.878. The monoisotopic (exact) mass is 357 g/mol. The standard InChI is InChI=1S/C20H27N3O3/c1-4-25-19-15-16(11-12-18(19)24-3)23-20(21-2)22-13-8-14-26-17-9-6-5-7-10-17/h5-7,9-12,15H,4,8,13-14H2,1-3H3,(H2,21,22,23). The van der Waals surface area contributed by atoms with Gasteiger partial charge >= 0.3 is 0 Å². The third-order valence-electron chi connectivity index (χ3n) is 3.58. The molecule has 0 aliphatic carbocycles. The van der Waals surface area contributed by atoms with Crippen molar-refractivity contribution in [2.45, 2.75) is 13.3 Å². The predicted molar refractivity (Wildman–Crippen MR) is 106 cm³/mol. The van der Waals surface area contributed by atoms with Crippen molar-refractivity contribution in [3.63, 3.8) is 0 Å². The zero-order chi connectivity index (χ0) is 18.6. The predicted octanol–water partition coefficient (Wildman–Crippen LogP) is 3.55. The molecular weight excluding hydrogens is 330 g/mol. The maximum atomic E-state index is 5.68. The molecule has 140 valence electrons. The van der Waals surface area contributed by atoms with Crippen LogP contribution in [-0.4, -0.2) is 39.9 Å². The van der Waals surface area contributed by atoms with Crippen LogP contribution in [0, 0.1) is 0 Å². The van der Waals surface area contributed by atoms with Gasteiger partial charge in [-0.1, -0.05) is 18.2 Å². The van der Waals surface area contributed by atoms with E-state index in [-0.39, 0.29) is 0 Å². The molecule has 0 fully saturated rings. The number of nitrogens with one attached hydrogen (secondary N) is 2. The summed E-state index contributed by atoms with van der Waals surface area (Å²) in [6.45, 7) is 3.91. The van der Waals surface area contributed by atoms with Gasteiger partial charge < -0.3 is 24.8 Å². The first-order valence-electron chi connectivity index (χ1n) is 8.73. The van der Waals surface area contributed by atoms with Crippen LogP contribution in [0.15, 0.2) is 53.5 Å². The molecule has 0 saturated carbocycles. The summed E-state index contributed by atoms with van der Waals surface area (Å²) in [6.07, 6.45) is 0.863. The topological polar surface area (TPSA) is 64.1 Å². The van der Waals surface area contributed by atoms with E-state index in [1.54, 1.807) is 14.2 Å².